The number of nitrogens with one attached hydrogen (secondary N) is 1. The van der Waals surface area contributed by atoms with Gasteiger partial charge in [0.1, 0.15) is 5.60 Å². The van der Waals surface area contributed by atoms with Gasteiger partial charge in [0.05, 0.1) is 17.2 Å². The Bertz CT molecular complexity index is 1580. The molecule has 4 aromatic rings. The van der Waals surface area contributed by atoms with Crippen LogP contribution in [0.1, 0.15) is 63.8 Å². The summed E-state index contributed by atoms with van der Waals surface area (Å²) in [5.74, 6) is -0.790. The fraction of sp³-hybridized carbons (Fsp3) is 0.273. The molecule has 0 fully saturated rings. The summed E-state index contributed by atoms with van der Waals surface area (Å²) >= 11 is 0. The van der Waals surface area contributed by atoms with Crippen LogP contribution in [-0.2, 0) is 17.7 Å². The van der Waals surface area contributed by atoms with E-state index in [0.29, 0.717) is 36.1 Å². The van der Waals surface area contributed by atoms with Gasteiger partial charge in [0.25, 0.3) is 11.8 Å². The summed E-state index contributed by atoms with van der Waals surface area (Å²) in [7, 11) is 0. The molecule has 1 unspecified atom stereocenters. The molecule has 1 aliphatic rings. The van der Waals surface area contributed by atoms with Crippen molar-refractivity contribution in [3.05, 3.63) is 107 Å². The van der Waals surface area contributed by atoms with Crippen molar-refractivity contribution in [1.82, 2.24) is 14.8 Å². The number of carbonyl (C=O) groups is 4. The maximum absolute atomic E-state index is 14.0. The lowest BCUT2D eigenvalue weighted by Gasteiger charge is -2.23. The van der Waals surface area contributed by atoms with E-state index in [1.807, 2.05) is 59.2 Å². The quantitative estimate of drug-likeness (QED) is 0.214. The van der Waals surface area contributed by atoms with Crippen molar-refractivity contribution in [2.75, 3.05) is 6.54 Å². The molecule has 0 saturated heterocycles. The number of nitrogens with zero attached hydrogens (tertiary/aromatic N) is 2. The molecule has 0 aliphatic carbocycles. The Morgan fingerprint density at radius 1 is 0.829 bits per heavy atom. The number of imide groups is 1. The van der Waals surface area contributed by atoms with Crippen molar-refractivity contribution in [3.8, 4) is 0 Å². The number of ether oxygens (including phenoxy) is 1. The third kappa shape index (κ3) is 6.06. The minimum atomic E-state index is -0.843. The van der Waals surface area contributed by atoms with Crippen LogP contribution < -0.4 is 5.32 Å². The lowest BCUT2D eigenvalue weighted by molar-refractivity contribution is 0.0491. The van der Waals surface area contributed by atoms with Gasteiger partial charge in [-0.1, -0.05) is 60.7 Å². The molecule has 0 bridgehead atoms. The number of fused-ring (bicyclic) bond motifs is 2. The van der Waals surface area contributed by atoms with Crippen LogP contribution in [0.15, 0.2) is 85.1 Å². The summed E-state index contributed by atoms with van der Waals surface area (Å²) in [6.45, 7) is 6.07. The van der Waals surface area contributed by atoms with Gasteiger partial charge in [-0.05, 0) is 51.0 Å². The predicted molar refractivity (Wildman–Crippen MR) is 156 cm³/mol. The number of carbonyl (C=O) groups excluding carboxylic acids is 4. The fourth-order valence-electron chi connectivity index (χ4n) is 5.17. The highest BCUT2D eigenvalue weighted by molar-refractivity contribution is 6.21. The molecule has 8 nitrogen and oxygen atoms in total. The van der Waals surface area contributed by atoms with Crippen molar-refractivity contribution in [3.63, 3.8) is 0 Å². The van der Waals surface area contributed by atoms with Crippen molar-refractivity contribution in [2.45, 2.75) is 51.8 Å². The largest absolute Gasteiger partial charge is 0.444 e. The fourth-order valence-corrected chi connectivity index (χ4v) is 5.17. The number of hydrogen-bond donors (Lipinski definition) is 1. The number of ketones is 1. The molecule has 210 valence electrons. The number of hydrogen-bond acceptors (Lipinski definition) is 5. The lowest BCUT2D eigenvalue weighted by atomic mass is 9.97. The Balaban J connectivity index is 1.37. The standard InChI is InChI=1S/C33H33N3O5/c1-33(2,3)41-32(40)34-27(20-22-12-5-4-6-13-22)29(37)26-21-35(28-17-10-9-14-23(26)28)18-11-19-36-30(38)24-15-7-8-16-25(24)31(36)39/h4-10,12-17,21,27H,11,18-20H2,1-3H3,(H,34,40). The van der Waals surface area contributed by atoms with E-state index in [-0.39, 0.29) is 24.1 Å². The first-order valence-electron chi connectivity index (χ1n) is 13.7. The number of benzene rings is 3. The Labute approximate surface area is 238 Å². The van der Waals surface area contributed by atoms with Gasteiger partial charge in [-0.2, -0.15) is 0 Å². The highest BCUT2D eigenvalue weighted by Crippen LogP contribution is 2.26. The summed E-state index contributed by atoms with van der Waals surface area (Å²) < 4.78 is 7.43. The summed E-state index contributed by atoms with van der Waals surface area (Å²) in [6, 6.07) is 23.1. The molecule has 5 rings (SSSR count). The van der Waals surface area contributed by atoms with E-state index in [1.165, 1.54) is 4.90 Å². The van der Waals surface area contributed by atoms with Crippen molar-refractivity contribution in [2.24, 2.45) is 0 Å². The minimum Gasteiger partial charge on any atom is -0.444 e. The van der Waals surface area contributed by atoms with Crippen LogP contribution in [-0.4, -0.2) is 51.3 Å². The molecule has 0 saturated carbocycles. The van der Waals surface area contributed by atoms with Gasteiger partial charge in [-0.15, -0.1) is 0 Å². The zero-order valence-electron chi connectivity index (χ0n) is 23.4. The number of para-hydroxylation sites is 1. The Morgan fingerprint density at radius 3 is 2.10 bits per heavy atom. The Kier molecular flexibility index (Phi) is 7.75. The molecule has 8 heteroatoms. The molecule has 0 radical (unpaired) electrons. The molecular formula is C33H33N3O5. The van der Waals surface area contributed by atoms with E-state index in [9.17, 15) is 19.2 Å². The molecular weight excluding hydrogens is 518 g/mol. The maximum Gasteiger partial charge on any atom is 0.408 e. The smallest absolute Gasteiger partial charge is 0.408 e. The molecule has 3 amide bonds. The SMILES string of the molecule is CC(C)(C)OC(=O)NC(Cc1ccccc1)C(=O)c1cn(CCCN2C(=O)c3ccccc3C2=O)c2ccccc12. The molecule has 2 heterocycles. The van der Waals surface area contributed by atoms with E-state index in [4.69, 9.17) is 4.74 Å². The first kappa shape index (κ1) is 27.8. The average Bonchev–Trinajstić information content (AvgIpc) is 3.43. The second-order valence-corrected chi connectivity index (χ2v) is 11.2. The lowest BCUT2D eigenvalue weighted by Crippen LogP contribution is -2.44. The minimum absolute atomic E-state index is 0.227. The second kappa shape index (κ2) is 11.4. The van der Waals surface area contributed by atoms with Crippen LogP contribution in [0, 0.1) is 0 Å². The number of Topliss-reactive ketones (excluding diaryl/α,β-unsaturated/α-hetero) is 1. The van der Waals surface area contributed by atoms with Crippen molar-refractivity contribution >= 4 is 34.6 Å². The third-order valence-electron chi connectivity index (χ3n) is 7.00. The molecule has 1 aromatic heterocycles. The predicted octanol–water partition coefficient (Wildman–Crippen LogP) is 5.65. The van der Waals surface area contributed by atoms with Gasteiger partial charge in [0, 0.05) is 42.2 Å². The Hall–Kier alpha value is -4.72. The number of aryl methyl sites for hydroxylation is 1. The second-order valence-electron chi connectivity index (χ2n) is 11.2. The van der Waals surface area contributed by atoms with Gasteiger partial charge < -0.3 is 14.6 Å². The summed E-state index contributed by atoms with van der Waals surface area (Å²) in [5.41, 5.74) is 2.40. The molecule has 0 spiro atoms. The highest BCUT2D eigenvalue weighted by Gasteiger charge is 2.34. The first-order valence-corrected chi connectivity index (χ1v) is 13.7. The highest BCUT2D eigenvalue weighted by atomic mass is 16.6. The molecule has 1 atom stereocenters. The molecule has 1 aliphatic heterocycles. The van der Waals surface area contributed by atoms with Crippen molar-refractivity contribution < 1.29 is 23.9 Å². The third-order valence-corrected chi connectivity index (χ3v) is 7.00. The zero-order valence-corrected chi connectivity index (χ0v) is 23.4. The van der Waals surface area contributed by atoms with E-state index in [2.05, 4.69) is 5.32 Å². The maximum atomic E-state index is 14.0. The molecule has 3 aromatic carbocycles. The topological polar surface area (TPSA) is 97.7 Å². The van der Waals surface area contributed by atoms with E-state index >= 15 is 0 Å². The van der Waals surface area contributed by atoms with Crippen LogP contribution in [0.5, 0.6) is 0 Å². The van der Waals surface area contributed by atoms with Crippen LogP contribution in [0.25, 0.3) is 10.9 Å². The van der Waals surface area contributed by atoms with E-state index in [1.54, 1.807) is 51.2 Å². The van der Waals surface area contributed by atoms with Crippen LogP contribution >= 0.6 is 0 Å². The molecule has 41 heavy (non-hydrogen) atoms. The number of aromatic nitrogens is 1. The summed E-state index contributed by atoms with van der Waals surface area (Å²) in [6.07, 6.45) is 1.96. The average molecular weight is 552 g/mol. The summed E-state index contributed by atoms with van der Waals surface area (Å²) in [4.78, 5) is 53.5. The number of rotatable bonds is 9. The van der Waals surface area contributed by atoms with Crippen LogP contribution in [0.4, 0.5) is 4.79 Å². The number of amides is 3. The normalized spacial score (nSPS) is 13.8. The zero-order chi connectivity index (χ0) is 29.1. The van der Waals surface area contributed by atoms with Crippen LogP contribution in [0.3, 0.4) is 0 Å². The van der Waals surface area contributed by atoms with Gasteiger partial charge in [-0.25, -0.2) is 4.79 Å². The van der Waals surface area contributed by atoms with Gasteiger partial charge >= 0.3 is 6.09 Å². The molecule has 1 N–H and O–H groups in total. The van der Waals surface area contributed by atoms with Crippen LogP contribution in [0.2, 0.25) is 0 Å². The number of alkyl carbamates (subject to hydrolysis) is 1. The summed E-state index contributed by atoms with van der Waals surface area (Å²) in [5, 5.41) is 3.56. The van der Waals surface area contributed by atoms with E-state index in [0.717, 1.165) is 16.5 Å². The van der Waals surface area contributed by atoms with Gasteiger partial charge in [0.2, 0.25) is 0 Å². The van der Waals surface area contributed by atoms with Gasteiger partial charge in [0.15, 0.2) is 5.78 Å². The Morgan fingerprint density at radius 2 is 1.44 bits per heavy atom. The van der Waals surface area contributed by atoms with Crippen molar-refractivity contribution in [1.29, 1.82) is 0 Å². The van der Waals surface area contributed by atoms with E-state index < -0.39 is 17.7 Å². The monoisotopic (exact) mass is 551 g/mol. The first-order chi connectivity index (χ1) is 19.6. The van der Waals surface area contributed by atoms with Gasteiger partial charge in [-0.3, -0.25) is 19.3 Å².